The van der Waals surface area contributed by atoms with Gasteiger partial charge in [0.25, 0.3) is 0 Å². The molecule has 0 aliphatic carbocycles. The van der Waals surface area contributed by atoms with E-state index in [9.17, 15) is 0 Å². The summed E-state index contributed by atoms with van der Waals surface area (Å²) >= 11 is 0. The first-order chi connectivity index (χ1) is 9.10. The molecular formula is C14H21N5. The van der Waals surface area contributed by atoms with Crippen LogP contribution in [0.15, 0.2) is 18.5 Å². The van der Waals surface area contributed by atoms with Gasteiger partial charge in [-0.25, -0.2) is 0 Å². The third kappa shape index (κ3) is 3.38. The number of aromatic nitrogens is 4. The van der Waals surface area contributed by atoms with Crippen molar-refractivity contribution in [3.05, 3.63) is 41.0 Å². The van der Waals surface area contributed by atoms with Crippen molar-refractivity contribution in [3.63, 3.8) is 0 Å². The van der Waals surface area contributed by atoms with E-state index in [0.29, 0.717) is 0 Å². The number of hydrogen-bond donors (Lipinski definition) is 1. The van der Waals surface area contributed by atoms with Gasteiger partial charge in [0.05, 0.1) is 17.4 Å². The Labute approximate surface area is 114 Å². The van der Waals surface area contributed by atoms with Crippen LogP contribution in [-0.4, -0.2) is 26.5 Å². The quantitative estimate of drug-likeness (QED) is 0.888. The molecule has 1 unspecified atom stereocenters. The van der Waals surface area contributed by atoms with Crippen molar-refractivity contribution < 1.29 is 0 Å². The molecule has 0 fully saturated rings. The summed E-state index contributed by atoms with van der Waals surface area (Å²) in [5.74, 6) is 0. The lowest BCUT2D eigenvalue weighted by Crippen LogP contribution is -2.25. The number of pyridine rings is 1. The Morgan fingerprint density at radius 1 is 1.37 bits per heavy atom. The predicted molar refractivity (Wildman–Crippen MR) is 74.8 cm³/mol. The summed E-state index contributed by atoms with van der Waals surface area (Å²) in [4.78, 5) is 4.58. The van der Waals surface area contributed by atoms with Crippen molar-refractivity contribution in [2.24, 2.45) is 7.05 Å². The third-order valence-corrected chi connectivity index (χ3v) is 3.10. The van der Waals surface area contributed by atoms with Gasteiger partial charge >= 0.3 is 0 Å². The first-order valence-corrected chi connectivity index (χ1v) is 6.62. The Balaban J connectivity index is 2.23. The highest BCUT2D eigenvalue weighted by atomic mass is 15.4. The second-order valence-electron chi connectivity index (χ2n) is 4.91. The summed E-state index contributed by atoms with van der Waals surface area (Å²) in [5.41, 5.74) is 4.49. The van der Waals surface area contributed by atoms with Crippen molar-refractivity contribution in [2.75, 3.05) is 6.54 Å². The maximum Gasteiger partial charge on any atom is 0.0846 e. The minimum Gasteiger partial charge on any atom is -0.309 e. The molecule has 0 aliphatic heterocycles. The van der Waals surface area contributed by atoms with Crippen LogP contribution in [0.25, 0.3) is 0 Å². The summed E-state index contributed by atoms with van der Waals surface area (Å²) in [5, 5.41) is 11.6. The summed E-state index contributed by atoms with van der Waals surface area (Å²) in [6, 6.07) is 2.35. The molecule has 0 bridgehead atoms. The van der Waals surface area contributed by atoms with Gasteiger partial charge in [0, 0.05) is 25.9 Å². The Kier molecular flexibility index (Phi) is 4.27. The first-order valence-electron chi connectivity index (χ1n) is 6.62. The highest BCUT2D eigenvalue weighted by Gasteiger charge is 2.16. The standard InChI is InChI=1S/C14H21N5/c1-5-15-13(7-12-9-19(4)18-17-12)14-11(3)6-10(2)8-16-14/h6,8-9,13,15H,5,7H2,1-4H3. The number of nitrogens with zero attached hydrogens (tertiary/aromatic N) is 4. The van der Waals surface area contributed by atoms with E-state index >= 15 is 0 Å². The Morgan fingerprint density at radius 3 is 2.74 bits per heavy atom. The molecule has 19 heavy (non-hydrogen) atoms. The van der Waals surface area contributed by atoms with E-state index < -0.39 is 0 Å². The van der Waals surface area contributed by atoms with E-state index in [2.05, 4.69) is 47.5 Å². The molecular weight excluding hydrogens is 238 g/mol. The molecule has 2 heterocycles. The van der Waals surface area contributed by atoms with Gasteiger partial charge in [-0.3, -0.25) is 9.67 Å². The SMILES string of the molecule is CCNC(Cc1cn(C)nn1)c1ncc(C)cc1C. The molecule has 1 atom stereocenters. The van der Waals surface area contributed by atoms with Crippen molar-refractivity contribution in [2.45, 2.75) is 33.2 Å². The molecule has 0 radical (unpaired) electrons. The smallest absolute Gasteiger partial charge is 0.0846 e. The van der Waals surface area contributed by atoms with E-state index in [1.165, 1.54) is 11.1 Å². The zero-order chi connectivity index (χ0) is 13.8. The lowest BCUT2D eigenvalue weighted by atomic mass is 10.0. The molecule has 2 aromatic rings. The van der Waals surface area contributed by atoms with Crippen molar-refractivity contribution in [1.29, 1.82) is 0 Å². The second-order valence-corrected chi connectivity index (χ2v) is 4.91. The number of rotatable bonds is 5. The summed E-state index contributed by atoms with van der Waals surface area (Å²) in [7, 11) is 1.88. The summed E-state index contributed by atoms with van der Waals surface area (Å²) in [6.45, 7) is 7.18. The Bertz CT molecular complexity index is 547. The van der Waals surface area contributed by atoms with Crippen LogP contribution < -0.4 is 5.32 Å². The molecule has 5 heteroatoms. The van der Waals surface area contributed by atoms with Crippen LogP contribution in [0.1, 0.15) is 35.5 Å². The van der Waals surface area contributed by atoms with E-state index in [-0.39, 0.29) is 6.04 Å². The van der Waals surface area contributed by atoms with Gasteiger partial charge in [0.1, 0.15) is 0 Å². The minimum absolute atomic E-state index is 0.183. The maximum atomic E-state index is 4.58. The van der Waals surface area contributed by atoms with Gasteiger partial charge in [-0.15, -0.1) is 5.10 Å². The average Bonchev–Trinajstić information content (AvgIpc) is 2.74. The number of nitrogens with one attached hydrogen (secondary N) is 1. The fourth-order valence-electron chi connectivity index (χ4n) is 2.30. The highest BCUT2D eigenvalue weighted by molar-refractivity contribution is 5.26. The molecule has 0 amide bonds. The zero-order valence-corrected chi connectivity index (χ0v) is 12.0. The lowest BCUT2D eigenvalue weighted by Gasteiger charge is -2.18. The van der Waals surface area contributed by atoms with Crippen molar-refractivity contribution in [1.82, 2.24) is 25.3 Å². The van der Waals surface area contributed by atoms with E-state index in [1.54, 1.807) is 4.68 Å². The van der Waals surface area contributed by atoms with E-state index in [0.717, 1.165) is 24.4 Å². The monoisotopic (exact) mass is 259 g/mol. The van der Waals surface area contributed by atoms with E-state index in [4.69, 9.17) is 0 Å². The van der Waals surface area contributed by atoms with Gasteiger partial charge in [-0.2, -0.15) is 0 Å². The largest absolute Gasteiger partial charge is 0.309 e. The van der Waals surface area contributed by atoms with Gasteiger partial charge in [0.2, 0.25) is 0 Å². The van der Waals surface area contributed by atoms with Crippen LogP contribution in [0.5, 0.6) is 0 Å². The topological polar surface area (TPSA) is 55.6 Å². The predicted octanol–water partition coefficient (Wildman–Crippen LogP) is 1.72. The fraction of sp³-hybridized carbons (Fsp3) is 0.500. The molecule has 0 saturated carbocycles. The number of likely N-dealkylation sites (N-methyl/N-ethyl adjacent to an activating group) is 1. The molecule has 2 rings (SSSR count). The van der Waals surface area contributed by atoms with Crippen LogP contribution >= 0.6 is 0 Å². The zero-order valence-electron chi connectivity index (χ0n) is 12.0. The Morgan fingerprint density at radius 2 is 2.16 bits per heavy atom. The molecule has 102 valence electrons. The maximum absolute atomic E-state index is 4.58. The minimum atomic E-state index is 0.183. The average molecular weight is 259 g/mol. The molecule has 0 spiro atoms. The van der Waals surface area contributed by atoms with Gasteiger partial charge in [-0.05, 0) is 31.5 Å². The fourth-order valence-corrected chi connectivity index (χ4v) is 2.30. The molecule has 0 aromatic carbocycles. The highest BCUT2D eigenvalue weighted by Crippen LogP contribution is 2.19. The van der Waals surface area contributed by atoms with Crippen LogP contribution in [0.3, 0.4) is 0 Å². The molecule has 2 aromatic heterocycles. The second kappa shape index (κ2) is 5.93. The summed E-state index contributed by atoms with van der Waals surface area (Å²) < 4.78 is 1.73. The molecule has 0 saturated heterocycles. The van der Waals surface area contributed by atoms with Crippen LogP contribution in [0.2, 0.25) is 0 Å². The van der Waals surface area contributed by atoms with Crippen LogP contribution in [0, 0.1) is 13.8 Å². The lowest BCUT2D eigenvalue weighted by molar-refractivity contribution is 0.528. The normalized spacial score (nSPS) is 12.6. The third-order valence-electron chi connectivity index (χ3n) is 3.10. The van der Waals surface area contributed by atoms with Crippen LogP contribution in [0.4, 0.5) is 0 Å². The van der Waals surface area contributed by atoms with E-state index in [1.807, 2.05) is 19.4 Å². The molecule has 5 nitrogen and oxygen atoms in total. The summed E-state index contributed by atoms with van der Waals surface area (Å²) in [6.07, 6.45) is 4.68. The molecule has 0 aliphatic rings. The number of hydrogen-bond acceptors (Lipinski definition) is 4. The van der Waals surface area contributed by atoms with Gasteiger partial charge in [0.15, 0.2) is 0 Å². The van der Waals surface area contributed by atoms with Gasteiger partial charge in [-0.1, -0.05) is 18.2 Å². The van der Waals surface area contributed by atoms with Crippen LogP contribution in [-0.2, 0) is 13.5 Å². The Hall–Kier alpha value is -1.75. The first kappa shape index (κ1) is 13.7. The van der Waals surface area contributed by atoms with Crippen molar-refractivity contribution >= 4 is 0 Å². The number of aryl methyl sites for hydroxylation is 3. The van der Waals surface area contributed by atoms with Gasteiger partial charge < -0.3 is 5.32 Å². The molecule has 1 N–H and O–H groups in total. The van der Waals surface area contributed by atoms with Crippen molar-refractivity contribution in [3.8, 4) is 0 Å².